The average molecular weight is 385 g/mol. The molecule has 1 aliphatic carbocycles. The first-order chi connectivity index (χ1) is 11.8. The van der Waals surface area contributed by atoms with Gasteiger partial charge in [-0.15, -0.1) is 0 Å². The number of nitrogens with zero attached hydrogens (tertiary/aromatic N) is 1. The van der Waals surface area contributed by atoms with Gasteiger partial charge in [0.2, 0.25) is 0 Å². The van der Waals surface area contributed by atoms with Crippen molar-refractivity contribution in [2.24, 2.45) is 0 Å². The third-order valence-corrected chi connectivity index (χ3v) is 5.11. The van der Waals surface area contributed by atoms with E-state index < -0.39 is 0 Å². The van der Waals surface area contributed by atoms with E-state index in [1.54, 1.807) is 0 Å². The number of ether oxygens (including phenoxy) is 1. The third-order valence-electron chi connectivity index (χ3n) is 4.37. The highest BCUT2D eigenvalue weighted by Gasteiger charge is 2.23. The normalized spacial score (nSPS) is 15.8. The van der Waals surface area contributed by atoms with Gasteiger partial charge in [-0.2, -0.15) is 5.26 Å². The summed E-state index contributed by atoms with van der Waals surface area (Å²) in [6, 6.07) is 17.2. The van der Waals surface area contributed by atoms with E-state index in [1.165, 1.54) is 21.2 Å². The van der Waals surface area contributed by atoms with Gasteiger partial charge in [-0.1, -0.05) is 40.2 Å². The molecule has 0 spiro atoms. The number of rotatable bonds is 7. The molecule has 1 unspecified atom stereocenters. The number of nitrogens with one attached hydrogen (secondary N) is 1. The van der Waals surface area contributed by atoms with Crippen LogP contribution in [0.15, 0.2) is 46.9 Å². The zero-order chi connectivity index (χ0) is 16.8. The quantitative estimate of drug-likeness (QED) is 0.689. The van der Waals surface area contributed by atoms with Gasteiger partial charge in [0.1, 0.15) is 5.75 Å². The second-order valence-corrected chi connectivity index (χ2v) is 6.89. The fraction of sp³-hybridized carbons (Fsp3) is 0.350. The topological polar surface area (TPSA) is 45.0 Å². The summed E-state index contributed by atoms with van der Waals surface area (Å²) in [5.41, 5.74) is 4.06. The minimum Gasteiger partial charge on any atom is -0.494 e. The molecule has 0 bridgehead atoms. The number of hydrogen-bond donors (Lipinski definition) is 1. The average Bonchev–Trinajstić information content (AvgIpc) is 3.02. The van der Waals surface area contributed by atoms with E-state index in [0.29, 0.717) is 19.1 Å². The Bertz CT molecular complexity index is 739. The second kappa shape index (κ2) is 8.32. The molecule has 0 aliphatic heterocycles. The number of hydrogen-bond acceptors (Lipinski definition) is 3. The highest BCUT2D eigenvalue weighted by molar-refractivity contribution is 9.10. The fourth-order valence-electron chi connectivity index (χ4n) is 3.15. The van der Waals surface area contributed by atoms with Gasteiger partial charge < -0.3 is 10.1 Å². The Kier molecular flexibility index (Phi) is 5.90. The van der Waals surface area contributed by atoms with Crippen molar-refractivity contribution in [1.82, 2.24) is 5.32 Å². The summed E-state index contributed by atoms with van der Waals surface area (Å²) >= 11 is 3.65. The van der Waals surface area contributed by atoms with E-state index >= 15 is 0 Å². The Morgan fingerprint density at radius 1 is 1.25 bits per heavy atom. The summed E-state index contributed by atoms with van der Waals surface area (Å²) in [4.78, 5) is 0. The molecular formula is C20H21BrN2O. The predicted octanol–water partition coefficient (Wildman–Crippen LogP) is 4.91. The smallest absolute Gasteiger partial charge is 0.119 e. The largest absolute Gasteiger partial charge is 0.494 e. The third kappa shape index (κ3) is 4.17. The number of benzene rings is 2. The molecule has 1 aliphatic rings. The molecule has 2 aromatic rings. The van der Waals surface area contributed by atoms with Crippen LogP contribution in [0.5, 0.6) is 5.75 Å². The first-order valence-electron chi connectivity index (χ1n) is 8.37. The van der Waals surface area contributed by atoms with E-state index in [2.05, 4.69) is 57.6 Å². The number of unbranched alkanes of at least 4 members (excludes halogenated alkanes) is 1. The van der Waals surface area contributed by atoms with Crippen molar-refractivity contribution in [3.8, 4) is 11.8 Å². The lowest BCUT2D eigenvalue weighted by Gasteiger charge is -2.15. The lowest BCUT2D eigenvalue weighted by molar-refractivity contribution is 0.312. The van der Waals surface area contributed by atoms with Crippen molar-refractivity contribution in [2.75, 3.05) is 6.61 Å². The summed E-state index contributed by atoms with van der Waals surface area (Å²) in [6.07, 6.45) is 3.57. The monoisotopic (exact) mass is 384 g/mol. The van der Waals surface area contributed by atoms with Gasteiger partial charge in [0.05, 0.1) is 12.7 Å². The zero-order valence-electron chi connectivity index (χ0n) is 13.6. The fourth-order valence-corrected chi connectivity index (χ4v) is 3.73. The number of nitriles is 1. The Morgan fingerprint density at radius 2 is 2.12 bits per heavy atom. The summed E-state index contributed by atoms with van der Waals surface area (Å²) in [6.45, 7) is 1.42. The first kappa shape index (κ1) is 17.0. The van der Waals surface area contributed by atoms with Crippen molar-refractivity contribution in [1.29, 1.82) is 5.26 Å². The molecule has 4 heteroatoms. The Hall–Kier alpha value is -1.83. The molecule has 1 atom stereocenters. The molecule has 24 heavy (non-hydrogen) atoms. The SMILES string of the molecule is N#CCCCOc1cccc(CNC2CCc3c(Br)cccc32)c1. The van der Waals surface area contributed by atoms with Crippen LogP contribution in [0.1, 0.15) is 42.0 Å². The van der Waals surface area contributed by atoms with Crippen LogP contribution in [0.4, 0.5) is 0 Å². The molecular weight excluding hydrogens is 364 g/mol. The van der Waals surface area contributed by atoms with Crippen molar-refractivity contribution in [3.05, 3.63) is 63.6 Å². The molecule has 2 aromatic carbocycles. The van der Waals surface area contributed by atoms with Crippen LogP contribution in [0, 0.1) is 11.3 Å². The van der Waals surface area contributed by atoms with Gasteiger partial charge >= 0.3 is 0 Å². The lowest BCUT2D eigenvalue weighted by atomic mass is 10.1. The van der Waals surface area contributed by atoms with Crippen molar-refractivity contribution < 1.29 is 4.74 Å². The summed E-state index contributed by atoms with van der Waals surface area (Å²) in [5.74, 6) is 0.877. The molecule has 1 N–H and O–H groups in total. The van der Waals surface area contributed by atoms with Crippen LogP contribution in [0.3, 0.4) is 0 Å². The molecule has 124 valence electrons. The molecule has 0 radical (unpaired) electrons. The van der Waals surface area contributed by atoms with Crippen LogP contribution < -0.4 is 10.1 Å². The molecule has 0 fully saturated rings. The van der Waals surface area contributed by atoms with E-state index in [4.69, 9.17) is 10.00 Å². The summed E-state index contributed by atoms with van der Waals surface area (Å²) < 4.78 is 6.93. The van der Waals surface area contributed by atoms with Crippen LogP contribution in [-0.2, 0) is 13.0 Å². The lowest BCUT2D eigenvalue weighted by Crippen LogP contribution is -2.18. The van der Waals surface area contributed by atoms with Crippen LogP contribution in [0.2, 0.25) is 0 Å². The molecule has 0 saturated carbocycles. The molecule has 3 rings (SSSR count). The van der Waals surface area contributed by atoms with Gasteiger partial charge in [0.25, 0.3) is 0 Å². The van der Waals surface area contributed by atoms with Crippen molar-refractivity contribution in [2.45, 2.75) is 38.3 Å². The summed E-state index contributed by atoms with van der Waals surface area (Å²) in [7, 11) is 0. The minimum atomic E-state index is 0.415. The molecule has 0 aromatic heterocycles. The van der Waals surface area contributed by atoms with Crippen molar-refractivity contribution in [3.63, 3.8) is 0 Å². The number of halogens is 1. The predicted molar refractivity (Wildman–Crippen MR) is 98.8 cm³/mol. The molecule has 0 heterocycles. The number of fused-ring (bicyclic) bond motifs is 1. The Balaban J connectivity index is 1.56. The molecule has 0 saturated heterocycles. The maximum absolute atomic E-state index is 8.55. The van der Waals surface area contributed by atoms with E-state index in [0.717, 1.165) is 31.6 Å². The molecule has 3 nitrogen and oxygen atoms in total. The highest BCUT2D eigenvalue weighted by atomic mass is 79.9. The Morgan fingerprint density at radius 3 is 3.00 bits per heavy atom. The molecule has 0 amide bonds. The highest BCUT2D eigenvalue weighted by Crippen LogP contribution is 2.35. The minimum absolute atomic E-state index is 0.415. The van der Waals surface area contributed by atoms with E-state index in [1.807, 2.05) is 12.1 Å². The maximum atomic E-state index is 8.55. The van der Waals surface area contributed by atoms with Gasteiger partial charge in [0, 0.05) is 23.5 Å². The van der Waals surface area contributed by atoms with Gasteiger partial charge in [-0.25, -0.2) is 0 Å². The maximum Gasteiger partial charge on any atom is 0.119 e. The zero-order valence-corrected chi connectivity index (χ0v) is 15.2. The van der Waals surface area contributed by atoms with Crippen LogP contribution >= 0.6 is 15.9 Å². The van der Waals surface area contributed by atoms with Gasteiger partial charge in [-0.3, -0.25) is 0 Å². The Labute approximate surface area is 151 Å². The van der Waals surface area contributed by atoms with Crippen LogP contribution in [-0.4, -0.2) is 6.61 Å². The standard InChI is InChI=1S/C20H21BrN2O/c21-19-8-4-7-18-17(19)9-10-20(18)23-14-15-5-3-6-16(13-15)24-12-2-1-11-22/h3-8,13,20,23H,1-2,9-10,12,14H2. The van der Waals surface area contributed by atoms with Crippen LogP contribution in [0.25, 0.3) is 0 Å². The van der Waals surface area contributed by atoms with E-state index in [9.17, 15) is 0 Å². The van der Waals surface area contributed by atoms with E-state index in [-0.39, 0.29) is 0 Å². The summed E-state index contributed by atoms with van der Waals surface area (Å²) in [5, 5.41) is 12.2. The van der Waals surface area contributed by atoms with Gasteiger partial charge in [0.15, 0.2) is 0 Å². The van der Waals surface area contributed by atoms with Crippen molar-refractivity contribution >= 4 is 15.9 Å². The second-order valence-electron chi connectivity index (χ2n) is 6.04. The first-order valence-corrected chi connectivity index (χ1v) is 9.16. The van der Waals surface area contributed by atoms with Gasteiger partial charge in [-0.05, 0) is 54.2 Å².